The average Bonchev–Trinajstić information content (AvgIpc) is 2.33. The number of hydrogen-bond acceptors (Lipinski definition) is 7. The molecule has 0 aliphatic carbocycles. The molecule has 0 aromatic rings. The Labute approximate surface area is 155 Å². The first-order valence-electron chi connectivity index (χ1n) is 7.79. The Balaban J connectivity index is 0.00000101. The smallest absolute Gasteiger partial charge is 0.410 e. The minimum Gasteiger partial charge on any atom is -0.444 e. The van der Waals surface area contributed by atoms with Crippen LogP contribution in [-0.4, -0.2) is 65.6 Å². The summed E-state index contributed by atoms with van der Waals surface area (Å²) in [6, 6.07) is 0. The van der Waals surface area contributed by atoms with Crippen molar-refractivity contribution in [2.24, 2.45) is 5.92 Å². The maximum atomic E-state index is 11.9. The first-order valence-corrected chi connectivity index (χ1v) is 12.3. The van der Waals surface area contributed by atoms with Crippen LogP contribution in [0.5, 0.6) is 0 Å². The van der Waals surface area contributed by atoms with E-state index in [1.54, 1.807) is 4.90 Å². The third kappa shape index (κ3) is 16.6. The number of rotatable bonds is 4. The van der Waals surface area contributed by atoms with Gasteiger partial charge in [0.1, 0.15) is 5.60 Å². The van der Waals surface area contributed by atoms with Gasteiger partial charge in [0.25, 0.3) is 10.1 Å². The van der Waals surface area contributed by atoms with E-state index in [-0.39, 0.29) is 12.7 Å². The lowest BCUT2D eigenvalue weighted by Crippen LogP contribution is -2.41. The first-order chi connectivity index (χ1) is 11.1. The van der Waals surface area contributed by atoms with Gasteiger partial charge in [-0.05, 0) is 46.0 Å². The highest BCUT2D eigenvalue weighted by molar-refractivity contribution is 8.13. The third-order valence-corrected chi connectivity index (χ3v) is 3.68. The Morgan fingerprint density at radius 1 is 1.12 bits per heavy atom. The third-order valence-electron chi connectivity index (χ3n) is 3.09. The topological polar surface area (TPSA) is 107 Å². The summed E-state index contributed by atoms with van der Waals surface area (Å²) in [5.41, 5.74) is -0.475. The van der Waals surface area contributed by atoms with Crippen LogP contribution in [0.4, 0.5) is 4.79 Å². The van der Waals surface area contributed by atoms with Gasteiger partial charge in [-0.1, -0.05) is 0 Å². The van der Waals surface area contributed by atoms with Gasteiger partial charge >= 0.3 is 6.09 Å². The zero-order valence-corrected chi connectivity index (χ0v) is 17.7. The van der Waals surface area contributed by atoms with Gasteiger partial charge < -0.3 is 9.64 Å². The van der Waals surface area contributed by atoms with Gasteiger partial charge in [-0.25, -0.2) is 13.2 Å². The summed E-state index contributed by atoms with van der Waals surface area (Å²) in [5, 5.41) is 0. The minimum atomic E-state index is -3.35. The number of nitrogens with zero attached hydrogens (tertiary/aromatic N) is 1. The molecule has 1 saturated heterocycles. The SMILES string of the molecule is CC(C)(C)OC(=O)N1CCC(CCOS(C)(=O)=O)CC1.CS(=O)(=O)Cl. The summed E-state index contributed by atoms with van der Waals surface area (Å²) in [5.74, 6) is 0.399. The molecule has 1 aliphatic heterocycles. The van der Waals surface area contributed by atoms with Crippen molar-refractivity contribution in [3.63, 3.8) is 0 Å². The Kier molecular flexibility index (Phi) is 9.71. The lowest BCUT2D eigenvalue weighted by atomic mass is 9.94. The van der Waals surface area contributed by atoms with Gasteiger partial charge in [-0.2, -0.15) is 8.42 Å². The molecule has 150 valence electrons. The second kappa shape index (κ2) is 9.94. The highest BCUT2D eigenvalue weighted by atomic mass is 35.7. The van der Waals surface area contributed by atoms with Gasteiger partial charge in [0.2, 0.25) is 9.05 Å². The van der Waals surface area contributed by atoms with E-state index in [2.05, 4.69) is 10.7 Å². The Bertz CT molecular complexity index is 610. The molecule has 1 rings (SSSR count). The Morgan fingerprint density at radius 2 is 1.56 bits per heavy atom. The summed E-state index contributed by atoms with van der Waals surface area (Å²) < 4.78 is 50.6. The lowest BCUT2D eigenvalue weighted by molar-refractivity contribution is 0.0177. The number of piperidine rings is 1. The van der Waals surface area contributed by atoms with E-state index >= 15 is 0 Å². The standard InChI is InChI=1S/C13H25NO5S.CH3ClO2S/c1-13(2,3)19-12(15)14-8-5-11(6-9-14)7-10-18-20(4,16)17;1-5(2,3)4/h11H,5-10H2,1-4H3;1H3. The Hall–Kier alpha value is -0.580. The maximum Gasteiger partial charge on any atom is 0.410 e. The Morgan fingerprint density at radius 3 is 1.92 bits per heavy atom. The zero-order chi connectivity index (χ0) is 19.9. The second-order valence-corrected chi connectivity index (χ2v) is 11.6. The van der Waals surface area contributed by atoms with Crippen molar-refractivity contribution < 1.29 is 30.6 Å². The van der Waals surface area contributed by atoms with Crippen LogP contribution in [-0.2, 0) is 28.1 Å². The van der Waals surface area contributed by atoms with Crippen molar-refractivity contribution in [2.45, 2.75) is 45.6 Å². The molecule has 0 saturated carbocycles. The van der Waals surface area contributed by atoms with E-state index in [9.17, 15) is 21.6 Å². The fourth-order valence-corrected chi connectivity index (χ4v) is 2.50. The first kappa shape index (κ1) is 24.4. The van der Waals surface area contributed by atoms with E-state index in [0.29, 0.717) is 25.4 Å². The second-order valence-electron chi connectivity index (χ2n) is 6.91. The molecule has 0 radical (unpaired) electrons. The fourth-order valence-electron chi connectivity index (χ4n) is 2.10. The molecule has 1 aliphatic rings. The van der Waals surface area contributed by atoms with Gasteiger partial charge in [0.05, 0.1) is 19.1 Å². The molecule has 0 atom stereocenters. The molecule has 0 bridgehead atoms. The van der Waals surface area contributed by atoms with E-state index in [4.69, 9.17) is 8.92 Å². The van der Waals surface area contributed by atoms with Crippen LogP contribution >= 0.6 is 10.7 Å². The van der Waals surface area contributed by atoms with Crippen molar-refractivity contribution in [3.05, 3.63) is 0 Å². The highest BCUT2D eigenvalue weighted by Gasteiger charge is 2.26. The summed E-state index contributed by atoms with van der Waals surface area (Å²) in [6.45, 7) is 7.06. The van der Waals surface area contributed by atoms with Crippen molar-refractivity contribution in [1.29, 1.82) is 0 Å². The molecule has 0 N–H and O–H groups in total. The van der Waals surface area contributed by atoms with Gasteiger partial charge in [-0.3, -0.25) is 4.18 Å². The number of hydrogen-bond donors (Lipinski definition) is 0. The summed E-state index contributed by atoms with van der Waals surface area (Å²) in [6.07, 6.45) is 4.11. The molecule has 0 aromatic heterocycles. The highest BCUT2D eigenvalue weighted by Crippen LogP contribution is 2.22. The number of amides is 1. The number of likely N-dealkylation sites (tertiary alicyclic amines) is 1. The van der Waals surface area contributed by atoms with Gasteiger partial charge in [0.15, 0.2) is 0 Å². The zero-order valence-electron chi connectivity index (χ0n) is 15.3. The summed E-state index contributed by atoms with van der Waals surface area (Å²) in [7, 11) is -2.05. The average molecular weight is 422 g/mol. The van der Waals surface area contributed by atoms with E-state index < -0.39 is 24.8 Å². The van der Waals surface area contributed by atoms with E-state index in [1.807, 2.05) is 20.8 Å². The molecule has 0 aromatic carbocycles. The van der Waals surface area contributed by atoms with Crippen molar-refractivity contribution in [1.82, 2.24) is 4.90 Å². The molecule has 11 heteroatoms. The van der Waals surface area contributed by atoms with Crippen LogP contribution in [0.1, 0.15) is 40.0 Å². The molecule has 1 fully saturated rings. The van der Waals surface area contributed by atoms with E-state index in [0.717, 1.165) is 25.4 Å². The van der Waals surface area contributed by atoms with Crippen LogP contribution in [0.15, 0.2) is 0 Å². The van der Waals surface area contributed by atoms with Crippen LogP contribution in [0.3, 0.4) is 0 Å². The fraction of sp³-hybridized carbons (Fsp3) is 0.929. The molecule has 0 unspecified atom stereocenters. The molecule has 25 heavy (non-hydrogen) atoms. The van der Waals surface area contributed by atoms with Crippen molar-refractivity contribution in [3.8, 4) is 0 Å². The number of ether oxygens (including phenoxy) is 1. The molecular formula is C14H28ClNO7S2. The van der Waals surface area contributed by atoms with Crippen LogP contribution in [0.2, 0.25) is 0 Å². The van der Waals surface area contributed by atoms with Crippen molar-refractivity contribution in [2.75, 3.05) is 32.2 Å². The number of halogens is 1. The number of carbonyl (C=O) groups is 1. The van der Waals surface area contributed by atoms with Crippen LogP contribution < -0.4 is 0 Å². The molecule has 1 heterocycles. The molecule has 1 amide bonds. The normalized spacial score (nSPS) is 16.8. The molecule has 0 spiro atoms. The molecular weight excluding hydrogens is 394 g/mol. The monoisotopic (exact) mass is 421 g/mol. The van der Waals surface area contributed by atoms with Gasteiger partial charge in [-0.15, -0.1) is 0 Å². The van der Waals surface area contributed by atoms with Crippen molar-refractivity contribution >= 4 is 35.9 Å². The van der Waals surface area contributed by atoms with Crippen LogP contribution in [0, 0.1) is 5.92 Å². The lowest BCUT2D eigenvalue weighted by Gasteiger charge is -2.33. The van der Waals surface area contributed by atoms with E-state index in [1.165, 1.54) is 0 Å². The minimum absolute atomic E-state index is 0.218. The predicted molar refractivity (Wildman–Crippen MR) is 96.6 cm³/mol. The summed E-state index contributed by atoms with van der Waals surface area (Å²) >= 11 is 0. The molecule has 8 nitrogen and oxygen atoms in total. The summed E-state index contributed by atoms with van der Waals surface area (Å²) in [4.78, 5) is 13.6. The van der Waals surface area contributed by atoms with Gasteiger partial charge in [0, 0.05) is 23.8 Å². The number of carbonyl (C=O) groups excluding carboxylic acids is 1. The quantitative estimate of drug-likeness (QED) is 0.505. The van der Waals surface area contributed by atoms with Crippen LogP contribution in [0.25, 0.3) is 0 Å². The maximum absolute atomic E-state index is 11.9. The largest absolute Gasteiger partial charge is 0.444 e. The predicted octanol–water partition coefficient (Wildman–Crippen LogP) is 2.18.